The van der Waals surface area contributed by atoms with Gasteiger partial charge in [0, 0.05) is 11.1 Å². The number of sulfonamides is 1. The summed E-state index contributed by atoms with van der Waals surface area (Å²) in [5.74, 6) is 0.257. The highest BCUT2D eigenvalue weighted by Crippen LogP contribution is 2.25. The van der Waals surface area contributed by atoms with Crippen molar-refractivity contribution in [3.05, 3.63) is 54.3 Å². The van der Waals surface area contributed by atoms with Crippen molar-refractivity contribution in [1.29, 1.82) is 0 Å². The van der Waals surface area contributed by atoms with Gasteiger partial charge in [-0.3, -0.25) is 4.79 Å². The predicted octanol–water partition coefficient (Wildman–Crippen LogP) is 2.78. The van der Waals surface area contributed by atoms with E-state index in [9.17, 15) is 13.2 Å². The molecule has 0 spiro atoms. The number of carbonyl (C=O) groups excluding carboxylic acids is 1. The molecular formula is C20H22N2O6S. The fraction of sp³-hybridized carbons (Fsp3) is 0.250. The average Bonchev–Trinajstić information content (AvgIpc) is 3.09. The summed E-state index contributed by atoms with van der Waals surface area (Å²) >= 11 is 0. The first-order valence-corrected chi connectivity index (χ1v) is 10.3. The Morgan fingerprint density at radius 1 is 1.14 bits per heavy atom. The number of ether oxygens (including phenoxy) is 2. The van der Waals surface area contributed by atoms with Crippen molar-refractivity contribution < 1.29 is 27.1 Å². The summed E-state index contributed by atoms with van der Waals surface area (Å²) in [5.41, 5.74) is 6.93. The molecule has 1 aromatic heterocycles. The van der Waals surface area contributed by atoms with Crippen LogP contribution in [0, 0.1) is 0 Å². The predicted molar refractivity (Wildman–Crippen MR) is 108 cm³/mol. The molecule has 2 aromatic carbocycles. The van der Waals surface area contributed by atoms with Crippen LogP contribution < -0.4 is 10.5 Å². The lowest BCUT2D eigenvalue weighted by Crippen LogP contribution is -2.36. The third-order valence-corrected chi connectivity index (χ3v) is 6.04. The van der Waals surface area contributed by atoms with E-state index in [1.807, 2.05) is 0 Å². The fourth-order valence-corrected chi connectivity index (χ4v) is 4.19. The van der Waals surface area contributed by atoms with E-state index in [1.165, 1.54) is 19.2 Å². The lowest BCUT2D eigenvalue weighted by molar-refractivity contribution is -0.143. The monoisotopic (exact) mass is 418 g/mol. The zero-order valence-electron chi connectivity index (χ0n) is 16.1. The number of anilines is 1. The summed E-state index contributed by atoms with van der Waals surface area (Å²) in [5, 5.41) is 0.748. The van der Waals surface area contributed by atoms with Crippen LogP contribution in [0.5, 0.6) is 5.75 Å². The van der Waals surface area contributed by atoms with Gasteiger partial charge in [0.05, 0.1) is 25.2 Å². The lowest BCUT2D eigenvalue weighted by atomic mass is 10.2. The molecule has 9 heteroatoms. The number of fused-ring (bicyclic) bond motifs is 1. The van der Waals surface area contributed by atoms with Gasteiger partial charge in [0.1, 0.15) is 23.6 Å². The first-order chi connectivity index (χ1) is 13.8. The van der Waals surface area contributed by atoms with E-state index in [0.29, 0.717) is 22.8 Å². The van der Waals surface area contributed by atoms with Crippen LogP contribution in [-0.4, -0.2) is 39.0 Å². The zero-order chi connectivity index (χ0) is 21.0. The normalized spacial score (nSPS) is 11.7. The summed E-state index contributed by atoms with van der Waals surface area (Å²) < 4.78 is 43.1. The van der Waals surface area contributed by atoms with Gasteiger partial charge in [-0.15, -0.1) is 0 Å². The van der Waals surface area contributed by atoms with Crippen molar-refractivity contribution >= 4 is 32.6 Å². The molecule has 8 nitrogen and oxygen atoms in total. The Kier molecular flexibility index (Phi) is 6.09. The van der Waals surface area contributed by atoms with E-state index in [2.05, 4.69) is 0 Å². The number of carbonyl (C=O) groups is 1. The van der Waals surface area contributed by atoms with Crippen LogP contribution in [0.15, 0.2) is 57.8 Å². The molecule has 0 radical (unpaired) electrons. The van der Waals surface area contributed by atoms with Gasteiger partial charge < -0.3 is 19.6 Å². The molecule has 0 aliphatic rings. The van der Waals surface area contributed by atoms with Crippen molar-refractivity contribution in [3.63, 3.8) is 0 Å². The van der Waals surface area contributed by atoms with E-state index in [4.69, 9.17) is 19.6 Å². The molecule has 0 aliphatic heterocycles. The van der Waals surface area contributed by atoms with Crippen LogP contribution in [0.4, 0.5) is 5.69 Å². The van der Waals surface area contributed by atoms with E-state index >= 15 is 0 Å². The van der Waals surface area contributed by atoms with Crippen LogP contribution in [0.25, 0.3) is 11.0 Å². The number of hydrogen-bond acceptors (Lipinski definition) is 7. The topological polar surface area (TPSA) is 112 Å². The van der Waals surface area contributed by atoms with Crippen LogP contribution in [0.3, 0.4) is 0 Å². The van der Waals surface area contributed by atoms with Gasteiger partial charge >= 0.3 is 5.97 Å². The molecule has 0 saturated carbocycles. The molecule has 154 valence electrons. The summed E-state index contributed by atoms with van der Waals surface area (Å²) in [4.78, 5) is 12.1. The molecule has 3 rings (SSSR count). The van der Waals surface area contributed by atoms with Crippen molar-refractivity contribution in [2.24, 2.45) is 0 Å². The number of nitrogens with two attached hydrogens (primary N) is 1. The van der Waals surface area contributed by atoms with Crippen molar-refractivity contribution in [2.75, 3.05) is 26.0 Å². The molecule has 1 heterocycles. The summed E-state index contributed by atoms with van der Waals surface area (Å²) in [6.45, 7) is 1.23. The van der Waals surface area contributed by atoms with E-state index in [1.54, 1.807) is 43.3 Å². The summed E-state index contributed by atoms with van der Waals surface area (Å²) in [6, 6.07) is 12.8. The Balaban J connectivity index is 1.94. The molecule has 29 heavy (non-hydrogen) atoms. The highest BCUT2D eigenvalue weighted by atomic mass is 32.2. The minimum Gasteiger partial charge on any atom is -0.497 e. The summed E-state index contributed by atoms with van der Waals surface area (Å²) in [7, 11) is -2.50. The van der Waals surface area contributed by atoms with Gasteiger partial charge in [-0.1, -0.05) is 0 Å². The zero-order valence-corrected chi connectivity index (χ0v) is 16.9. The van der Waals surface area contributed by atoms with Gasteiger partial charge in [0.2, 0.25) is 10.0 Å². The Morgan fingerprint density at radius 2 is 1.86 bits per heavy atom. The Hall–Kier alpha value is -3.04. The number of hydrogen-bond donors (Lipinski definition) is 1. The van der Waals surface area contributed by atoms with Gasteiger partial charge in [-0.25, -0.2) is 8.42 Å². The molecule has 0 bridgehead atoms. The Bertz CT molecular complexity index is 1110. The first kappa shape index (κ1) is 20.7. The van der Waals surface area contributed by atoms with Crippen LogP contribution >= 0.6 is 0 Å². The van der Waals surface area contributed by atoms with E-state index < -0.39 is 22.5 Å². The number of furan rings is 1. The van der Waals surface area contributed by atoms with E-state index in [-0.39, 0.29) is 18.0 Å². The number of nitrogens with zero attached hydrogens (tertiary/aromatic N) is 1. The second kappa shape index (κ2) is 8.54. The fourth-order valence-electron chi connectivity index (χ4n) is 2.84. The quantitative estimate of drug-likeness (QED) is 0.442. The highest BCUT2D eigenvalue weighted by molar-refractivity contribution is 7.89. The van der Waals surface area contributed by atoms with Gasteiger partial charge in [-0.2, -0.15) is 4.31 Å². The Labute approximate surface area is 168 Å². The first-order valence-electron chi connectivity index (χ1n) is 8.91. The SMILES string of the molecule is CCOC(=O)CN(Cc1cc2cc(N)ccc2o1)S(=O)(=O)c1ccc(OC)cc1. The molecule has 0 atom stereocenters. The van der Waals surface area contributed by atoms with Crippen molar-refractivity contribution in [2.45, 2.75) is 18.4 Å². The third kappa shape index (κ3) is 4.69. The minimum atomic E-state index is -3.99. The Morgan fingerprint density at radius 3 is 2.52 bits per heavy atom. The number of esters is 1. The van der Waals surface area contributed by atoms with Crippen molar-refractivity contribution in [1.82, 2.24) is 4.31 Å². The maximum Gasteiger partial charge on any atom is 0.321 e. The van der Waals surface area contributed by atoms with Gasteiger partial charge in [-0.05, 0) is 55.5 Å². The van der Waals surface area contributed by atoms with Crippen LogP contribution in [0.1, 0.15) is 12.7 Å². The molecular weight excluding hydrogens is 396 g/mol. The second-order valence-corrected chi connectivity index (χ2v) is 8.20. The molecule has 0 aliphatic carbocycles. The molecule has 0 fully saturated rings. The lowest BCUT2D eigenvalue weighted by Gasteiger charge is -2.20. The molecule has 2 N–H and O–H groups in total. The van der Waals surface area contributed by atoms with Crippen LogP contribution in [0.2, 0.25) is 0 Å². The molecule has 0 saturated heterocycles. The van der Waals surface area contributed by atoms with Gasteiger partial charge in [0.15, 0.2) is 0 Å². The molecule has 3 aromatic rings. The number of nitrogen functional groups attached to an aromatic ring is 1. The summed E-state index contributed by atoms with van der Waals surface area (Å²) in [6.07, 6.45) is 0. The standard InChI is InChI=1S/C20H22N2O6S/c1-3-27-20(23)13-22(29(24,25)18-7-5-16(26-2)6-8-18)12-17-11-14-10-15(21)4-9-19(14)28-17/h4-11H,3,12-13,21H2,1-2H3. The molecule has 0 unspecified atom stereocenters. The van der Waals surface area contributed by atoms with Crippen molar-refractivity contribution in [3.8, 4) is 5.75 Å². The number of benzene rings is 2. The second-order valence-electron chi connectivity index (χ2n) is 6.26. The van der Waals surface area contributed by atoms with E-state index in [0.717, 1.165) is 9.69 Å². The number of rotatable bonds is 8. The smallest absolute Gasteiger partial charge is 0.321 e. The van der Waals surface area contributed by atoms with Crippen LogP contribution in [-0.2, 0) is 26.1 Å². The average molecular weight is 418 g/mol. The molecule has 0 amide bonds. The minimum absolute atomic E-state index is 0.0305. The maximum absolute atomic E-state index is 13.2. The largest absolute Gasteiger partial charge is 0.497 e. The third-order valence-electron chi connectivity index (χ3n) is 4.23. The number of methoxy groups -OCH3 is 1. The van der Waals surface area contributed by atoms with Gasteiger partial charge in [0.25, 0.3) is 0 Å². The highest BCUT2D eigenvalue weighted by Gasteiger charge is 2.28. The maximum atomic E-state index is 13.2.